The summed E-state index contributed by atoms with van der Waals surface area (Å²) in [4.78, 5) is 39.2. The quantitative estimate of drug-likeness (QED) is 0.338. The molecule has 0 atom stereocenters. The molecule has 0 unspecified atom stereocenters. The van der Waals surface area contributed by atoms with E-state index in [1.807, 2.05) is 20.8 Å². The molecule has 4 rings (SSSR count). The van der Waals surface area contributed by atoms with E-state index in [9.17, 15) is 14.4 Å². The van der Waals surface area contributed by atoms with Crippen LogP contribution in [0.1, 0.15) is 63.2 Å². The number of ether oxygens (including phenoxy) is 1. The van der Waals surface area contributed by atoms with Gasteiger partial charge >= 0.3 is 5.63 Å². The Morgan fingerprint density at radius 3 is 2.50 bits per heavy atom. The fourth-order valence-electron chi connectivity index (χ4n) is 4.07. The maximum absolute atomic E-state index is 13.6. The molecule has 6 heteroatoms. The van der Waals surface area contributed by atoms with Crippen molar-refractivity contribution < 1.29 is 18.7 Å². The summed E-state index contributed by atoms with van der Waals surface area (Å²) in [5, 5.41) is 0.685. The van der Waals surface area contributed by atoms with Crippen molar-refractivity contribution in [2.24, 2.45) is 0 Å². The standard InChI is InChI=1S/C24H21ClO5/c1-12(2)29-17-8-4-7-15-20(17)23(28)21-16(22(15)27)10-13(3)19-14(6-5-9-25)11-18(26)30-24(19)21/h4,7-8,10-12H,5-6,9H2,1-3H3. The minimum Gasteiger partial charge on any atom is -0.490 e. The van der Waals surface area contributed by atoms with E-state index in [0.717, 1.165) is 11.1 Å². The van der Waals surface area contributed by atoms with Crippen molar-refractivity contribution in [2.75, 3.05) is 5.88 Å². The summed E-state index contributed by atoms with van der Waals surface area (Å²) < 4.78 is 11.3. The Morgan fingerprint density at radius 1 is 1.03 bits per heavy atom. The largest absolute Gasteiger partial charge is 0.490 e. The molecule has 1 aromatic heterocycles. The first-order chi connectivity index (χ1) is 14.3. The summed E-state index contributed by atoms with van der Waals surface area (Å²) in [5.41, 5.74) is 2.02. The van der Waals surface area contributed by atoms with Gasteiger partial charge in [0.05, 0.1) is 17.2 Å². The van der Waals surface area contributed by atoms with Crippen LogP contribution in [0, 0.1) is 6.92 Å². The van der Waals surface area contributed by atoms with Crippen molar-refractivity contribution in [3.8, 4) is 5.75 Å². The molecule has 3 aromatic rings. The third-order valence-electron chi connectivity index (χ3n) is 5.21. The molecule has 0 N–H and O–H groups in total. The first kappa shape index (κ1) is 20.4. The number of carbonyl (C=O) groups is 2. The van der Waals surface area contributed by atoms with Gasteiger partial charge in [0.2, 0.25) is 5.78 Å². The van der Waals surface area contributed by atoms with Crippen LogP contribution in [0.4, 0.5) is 0 Å². The maximum atomic E-state index is 13.6. The normalized spacial score (nSPS) is 13.0. The van der Waals surface area contributed by atoms with E-state index in [0.29, 0.717) is 35.4 Å². The molecule has 0 amide bonds. The lowest BCUT2D eigenvalue weighted by atomic mass is 9.81. The van der Waals surface area contributed by atoms with Gasteiger partial charge in [-0.15, -0.1) is 11.6 Å². The minimum absolute atomic E-state index is 0.123. The topological polar surface area (TPSA) is 73.6 Å². The minimum atomic E-state index is -0.558. The molecule has 1 heterocycles. The molecule has 0 saturated heterocycles. The van der Waals surface area contributed by atoms with E-state index in [1.54, 1.807) is 24.3 Å². The van der Waals surface area contributed by atoms with Gasteiger partial charge in [0.15, 0.2) is 11.4 Å². The summed E-state index contributed by atoms with van der Waals surface area (Å²) in [7, 11) is 0. The van der Waals surface area contributed by atoms with Crippen LogP contribution in [0.2, 0.25) is 0 Å². The number of ketones is 2. The van der Waals surface area contributed by atoms with Crippen molar-refractivity contribution >= 4 is 34.1 Å². The van der Waals surface area contributed by atoms with Gasteiger partial charge in [-0.2, -0.15) is 0 Å². The lowest BCUT2D eigenvalue weighted by Crippen LogP contribution is -2.24. The molecule has 0 bridgehead atoms. The Balaban J connectivity index is 2.04. The Hall–Kier alpha value is -2.92. The highest BCUT2D eigenvalue weighted by Gasteiger charge is 2.36. The van der Waals surface area contributed by atoms with Crippen molar-refractivity contribution in [2.45, 2.75) is 39.7 Å². The van der Waals surface area contributed by atoms with Crippen LogP contribution in [0.15, 0.2) is 39.5 Å². The zero-order valence-electron chi connectivity index (χ0n) is 17.0. The summed E-state index contributed by atoms with van der Waals surface area (Å²) in [6.45, 7) is 5.55. The van der Waals surface area contributed by atoms with E-state index < -0.39 is 5.63 Å². The van der Waals surface area contributed by atoms with E-state index >= 15 is 0 Å². The molecular weight excluding hydrogens is 404 g/mol. The Bertz CT molecular complexity index is 1250. The number of carbonyl (C=O) groups excluding carboxylic acids is 2. The summed E-state index contributed by atoms with van der Waals surface area (Å²) in [6, 6.07) is 8.14. The number of fused-ring (bicyclic) bond motifs is 4. The third-order valence-corrected chi connectivity index (χ3v) is 5.47. The predicted octanol–water partition coefficient (Wildman–Crippen LogP) is 4.84. The van der Waals surface area contributed by atoms with Gasteiger partial charge in [0.25, 0.3) is 0 Å². The number of rotatable bonds is 5. The summed E-state index contributed by atoms with van der Waals surface area (Å²) in [6.07, 6.45) is 1.08. The van der Waals surface area contributed by atoms with Crippen molar-refractivity contribution in [1.29, 1.82) is 0 Å². The number of hydrogen-bond acceptors (Lipinski definition) is 5. The van der Waals surface area contributed by atoms with Crippen LogP contribution < -0.4 is 10.4 Å². The molecule has 0 saturated carbocycles. The number of benzene rings is 2. The summed E-state index contributed by atoms with van der Waals surface area (Å²) in [5.74, 6) is 0.138. The molecule has 154 valence electrons. The fourth-order valence-corrected chi connectivity index (χ4v) is 4.20. The molecule has 0 aliphatic heterocycles. The number of hydrogen-bond donors (Lipinski definition) is 0. The highest BCUT2D eigenvalue weighted by atomic mass is 35.5. The van der Waals surface area contributed by atoms with Crippen LogP contribution in [0.5, 0.6) is 5.75 Å². The molecule has 2 aromatic carbocycles. The second-order valence-corrected chi connectivity index (χ2v) is 8.08. The average Bonchev–Trinajstić information content (AvgIpc) is 2.69. The van der Waals surface area contributed by atoms with Gasteiger partial charge in [-0.3, -0.25) is 9.59 Å². The van der Waals surface area contributed by atoms with Crippen LogP contribution in [-0.4, -0.2) is 23.6 Å². The second kappa shape index (κ2) is 7.73. The van der Waals surface area contributed by atoms with Crippen molar-refractivity contribution in [1.82, 2.24) is 0 Å². The van der Waals surface area contributed by atoms with Gasteiger partial charge < -0.3 is 9.15 Å². The molecule has 30 heavy (non-hydrogen) atoms. The van der Waals surface area contributed by atoms with Crippen LogP contribution >= 0.6 is 11.6 Å². The molecule has 0 spiro atoms. The molecule has 1 aliphatic rings. The lowest BCUT2D eigenvalue weighted by molar-refractivity contribution is 0.0974. The van der Waals surface area contributed by atoms with Gasteiger partial charge in [0.1, 0.15) is 5.75 Å². The van der Waals surface area contributed by atoms with E-state index in [2.05, 4.69) is 0 Å². The van der Waals surface area contributed by atoms with E-state index in [-0.39, 0.29) is 39.9 Å². The van der Waals surface area contributed by atoms with Gasteiger partial charge in [-0.05, 0) is 56.9 Å². The predicted molar refractivity (Wildman–Crippen MR) is 115 cm³/mol. The van der Waals surface area contributed by atoms with Crippen molar-refractivity contribution in [3.05, 3.63) is 74.1 Å². The number of alkyl halides is 1. The smallest absolute Gasteiger partial charge is 0.336 e. The average molecular weight is 425 g/mol. The van der Waals surface area contributed by atoms with Gasteiger partial charge in [-0.1, -0.05) is 12.1 Å². The third kappa shape index (κ3) is 3.23. The fraction of sp³-hybridized carbons (Fsp3) is 0.292. The van der Waals surface area contributed by atoms with E-state index in [1.165, 1.54) is 6.07 Å². The first-order valence-corrected chi connectivity index (χ1v) is 10.4. The summed E-state index contributed by atoms with van der Waals surface area (Å²) >= 11 is 5.84. The zero-order chi connectivity index (χ0) is 21.6. The first-order valence-electron chi connectivity index (χ1n) is 9.88. The van der Waals surface area contributed by atoms with Crippen LogP contribution in [-0.2, 0) is 6.42 Å². The Morgan fingerprint density at radius 2 is 1.80 bits per heavy atom. The van der Waals surface area contributed by atoms with Gasteiger partial charge in [-0.25, -0.2) is 4.79 Å². The lowest BCUT2D eigenvalue weighted by Gasteiger charge is -2.23. The van der Waals surface area contributed by atoms with Crippen molar-refractivity contribution in [3.63, 3.8) is 0 Å². The van der Waals surface area contributed by atoms with E-state index in [4.69, 9.17) is 20.8 Å². The Labute approximate surface area is 178 Å². The number of halogens is 1. The molecule has 0 fully saturated rings. The SMILES string of the molecule is Cc1cc2c(c3oc(=O)cc(CCCCl)c13)C(=O)c1c(OC(C)C)cccc1C2=O. The zero-order valence-corrected chi connectivity index (χ0v) is 17.8. The molecule has 1 aliphatic carbocycles. The Kier molecular flexibility index (Phi) is 5.24. The van der Waals surface area contributed by atoms with Crippen LogP contribution in [0.3, 0.4) is 0 Å². The maximum Gasteiger partial charge on any atom is 0.336 e. The molecule has 5 nitrogen and oxygen atoms in total. The van der Waals surface area contributed by atoms with Gasteiger partial charge in [0, 0.05) is 28.5 Å². The highest BCUT2D eigenvalue weighted by Crippen LogP contribution is 2.38. The van der Waals surface area contributed by atoms with Crippen LogP contribution in [0.25, 0.3) is 11.0 Å². The monoisotopic (exact) mass is 424 g/mol. The highest BCUT2D eigenvalue weighted by molar-refractivity contribution is 6.32. The molecule has 0 radical (unpaired) electrons. The number of aryl methyl sites for hydroxylation is 2. The second-order valence-electron chi connectivity index (χ2n) is 7.71. The molecular formula is C24H21ClO5.